The summed E-state index contributed by atoms with van der Waals surface area (Å²) >= 11 is 6.19. The lowest BCUT2D eigenvalue weighted by Gasteiger charge is -2.16. The van der Waals surface area contributed by atoms with Crippen molar-refractivity contribution in [2.45, 2.75) is 20.8 Å². The van der Waals surface area contributed by atoms with E-state index in [-0.39, 0.29) is 5.56 Å². The molecule has 0 fully saturated rings. The first kappa shape index (κ1) is 14.4. The number of hydrogen-bond acceptors (Lipinski definition) is 2. The molecule has 0 amide bonds. The van der Waals surface area contributed by atoms with Crippen LogP contribution in [-0.4, -0.2) is 11.1 Å². The number of carbonyl (C=O) groups is 1. The van der Waals surface area contributed by atoms with Crippen molar-refractivity contribution in [3.05, 3.63) is 57.6 Å². The highest BCUT2D eigenvalue weighted by Gasteiger charge is 2.15. The fourth-order valence-corrected chi connectivity index (χ4v) is 2.49. The van der Waals surface area contributed by atoms with Crippen molar-refractivity contribution in [1.29, 1.82) is 0 Å². The van der Waals surface area contributed by atoms with Crippen LogP contribution < -0.4 is 5.32 Å². The van der Waals surface area contributed by atoms with Crippen LogP contribution in [0.1, 0.15) is 27.0 Å². The summed E-state index contributed by atoms with van der Waals surface area (Å²) < 4.78 is 0. The maximum Gasteiger partial charge on any atom is 0.337 e. The third-order valence-electron chi connectivity index (χ3n) is 3.18. The Labute approximate surface area is 123 Å². The molecule has 2 rings (SSSR count). The van der Waals surface area contributed by atoms with Crippen LogP contribution >= 0.6 is 11.6 Å². The Bertz CT molecular complexity index is 660. The number of para-hydroxylation sites is 1. The highest BCUT2D eigenvalue weighted by molar-refractivity contribution is 6.33. The third-order valence-corrected chi connectivity index (χ3v) is 3.50. The molecule has 3 nitrogen and oxygen atoms in total. The van der Waals surface area contributed by atoms with Crippen LogP contribution in [-0.2, 0) is 0 Å². The number of carboxylic acids is 1. The Kier molecular flexibility index (Phi) is 4.00. The second kappa shape index (κ2) is 5.55. The van der Waals surface area contributed by atoms with Crippen LogP contribution in [0.15, 0.2) is 30.3 Å². The molecule has 0 bridgehead atoms. The molecule has 0 aliphatic rings. The molecule has 0 saturated carbocycles. The second-order valence-corrected chi connectivity index (χ2v) is 5.27. The number of benzene rings is 2. The van der Waals surface area contributed by atoms with Gasteiger partial charge in [0.15, 0.2) is 0 Å². The summed E-state index contributed by atoms with van der Waals surface area (Å²) in [5, 5.41) is 13.1. The molecule has 2 aromatic rings. The second-order valence-electron chi connectivity index (χ2n) is 4.87. The normalized spacial score (nSPS) is 10.4. The van der Waals surface area contributed by atoms with Crippen molar-refractivity contribution in [2.75, 3.05) is 5.32 Å². The van der Waals surface area contributed by atoms with E-state index in [0.29, 0.717) is 10.7 Å². The number of aromatic carboxylic acids is 1. The van der Waals surface area contributed by atoms with E-state index in [0.717, 1.165) is 22.4 Å². The standard InChI is InChI=1S/C16H16ClNO2/c1-9-7-11(3)14(12(8-9)16(19)20)18-15-10(2)5-4-6-13(15)17/h4-8,18H,1-3H3,(H,19,20). The van der Waals surface area contributed by atoms with Crippen molar-refractivity contribution in [3.8, 4) is 0 Å². The zero-order chi connectivity index (χ0) is 14.9. The Morgan fingerprint density at radius 1 is 1.10 bits per heavy atom. The van der Waals surface area contributed by atoms with E-state index >= 15 is 0 Å². The van der Waals surface area contributed by atoms with Gasteiger partial charge in [-0.05, 0) is 49.6 Å². The van der Waals surface area contributed by atoms with E-state index in [1.165, 1.54) is 0 Å². The van der Waals surface area contributed by atoms with Crippen LogP contribution in [0.5, 0.6) is 0 Å². The van der Waals surface area contributed by atoms with E-state index in [4.69, 9.17) is 11.6 Å². The lowest BCUT2D eigenvalue weighted by atomic mass is 10.0. The third kappa shape index (κ3) is 2.78. The minimum Gasteiger partial charge on any atom is -0.478 e. The molecule has 20 heavy (non-hydrogen) atoms. The highest BCUT2D eigenvalue weighted by Crippen LogP contribution is 2.32. The number of nitrogens with one attached hydrogen (secondary N) is 1. The number of hydrogen-bond donors (Lipinski definition) is 2. The van der Waals surface area contributed by atoms with Crippen molar-refractivity contribution >= 4 is 28.9 Å². The predicted octanol–water partition coefficient (Wildman–Crippen LogP) is 4.71. The molecule has 104 valence electrons. The average molecular weight is 290 g/mol. The molecule has 0 aliphatic heterocycles. The molecule has 0 atom stereocenters. The highest BCUT2D eigenvalue weighted by atomic mass is 35.5. The number of carboxylic acid groups (broad SMARTS) is 1. The molecule has 2 N–H and O–H groups in total. The summed E-state index contributed by atoms with van der Waals surface area (Å²) in [6.45, 7) is 5.69. The molecular formula is C16H16ClNO2. The minimum absolute atomic E-state index is 0.252. The molecular weight excluding hydrogens is 274 g/mol. The summed E-state index contributed by atoms with van der Waals surface area (Å²) in [7, 11) is 0. The summed E-state index contributed by atoms with van der Waals surface area (Å²) in [4.78, 5) is 11.4. The Morgan fingerprint density at radius 3 is 2.40 bits per heavy atom. The lowest BCUT2D eigenvalue weighted by Crippen LogP contribution is -2.06. The molecule has 0 aromatic heterocycles. The predicted molar refractivity (Wildman–Crippen MR) is 82.3 cm³/mol. The van der Waals surface area contributed by atoms with Crippen LogP contribution in [0.4, 0.5) is 11.4 Å². The topological polar surface area (TPSA) is 49.3 Å². The van der Waals surface area contributed by atoms with E-state index in [1.54, 1.807) is 12.1 Å². The van der Waals surface area contributed by atoms with E-state index in [1.807, 2.05) is 39.0 Å². The monoisotopic (exact) mass is 289 g/mol. The molecule has 0 unspecified atom stereocenters. The van der Waals surface area contributed by atoms with Gasteiger partial charge < -0.3 is 10.4 Å². The molecule has 0 spiro atoms. The van der Waals surface area contributed by atoms with Crippen LogP contribution in [0, 0.1) is 20.8 Å². The van der Waals surface area contributed by atoms with Gasteiger partial charge in [-0.15, -0.1) is 0 Å². The summed E-state index contributed by atoms with van der Waals surface area (Å²) in [6, 6.07) is 9.17. The number of rotatable bonds is 3. The van der Waals surface area contributed by atoms with Gasteiger partial charge in [-0.3, -0.25) is 0 Å². The summed E-state index contributed by atoms with van der Waals surface area (Å²) in [6.07, 6.45) is 0. The van der Waals surface area contributed by atoms with Gasteiger partial charge >= 0.3 is 5.97 Å². The Morgan fingerprint density at radius 2 is 1.80 bits per heavy atom. The zero-order valence-corrected chi connectivity index (χ0v) is 12.4. The van der Waals surface area contributed by atoms with Gasteiger partial charge in [-0.1, -0.05) is 29.8 Å². The first-order valence-corrected chi connectivity index (χ1v) is 6.64. The smallest absolute Gasteiger partial charge is 0.337 e. The first-order chi connectivity index (χ1) is 9.40. The van der Waals surface area contributed by atoms with Gasteiger partial charge in [-0.25, -0.2) is 4.79 Å². The molecule has 0 saturated heterocycles. The van der Waals surface area contributed by atoms with Gasteiger partial charge in [0.2, 0.25) is 0 Å². The molecule has 0 aliphatic carbocycles. The fourth-order valence-electron chi connectivity index (χ4n) is 2.22. The maximum absolute atomic E-state index is 11.4. The van der Waals surface area contributed by atoms with Crippen LogP contribution in [0.3, 0.4) is 0 Å². The van der Waals surface area contributed by atoms with Gasteiger partial charge in [-0.2, -0.15) is 0 Å². The Balaban J connectivity index is 2.56. The minimum atomic E-state index is -0.955. The molecule has 0 radical (unpaired) electrons. The lowest BCUT2D eigenvalue weighted by molar-refractivity contribution is 0.0698. The quantitative estimate of drug-likeness (QED) is 0.860. The van der Waals surface area contributed by atoms with E-state index in [9.17, 15) is 9.90 Å². The average Bonchev–Trinajstić information content (AvgIpc) is 2.35. The number of aryl methyl sites for hydroxylation is 3. The van der Waals surface area contributed by atoms with E-state index in [2.05, 4.69) is 5.32 Å². The number of anilines is 2. The summed E-state index contributed by atoms with van der Waals surface area (Å²) in [5.41, 5.74) is 4.33. The van der Waals surface area contributed by atoms with Crippen molar-refractivity contribution in [1.82, 2.24) is 0 Å². The zero-order valence-electron chi connectivity index (χ0n) is 11.6. The van der Waals surface area contributed by atoms with Gasteiger partial charge in [0, 0.05) is 0 Å². The molecule has 0 heterocycles. The fraction of sp³-hybridized carbons (Fsp3) is 0.188. The largest absolute Gasteiger partial charge is 0.478 e. The van der Waals surface area contributed by atoms with Crippen molar-refractivity contribution in [3.63, 3.8) is 0 Å². The van der Waals surface area contributed by atoms with Gasteiger partial charge in [0.1, 0.15) is 0 Å². The number of halogens is 1. The SMILES string of the molecule is Cc1cc(C)c(Nc2c(C)cccc2Cl)c(C(=O)O)c1. The van der Waals surface area contributed by atoms with E-state index < -0.39 is 5.97 Å². The van der Waals surface area contributed by atoms with Crippen molar-refractivity contribution < 1.29 is 9.90 Å². The molecule has 2 aromatic carbocycles. The van der Waals surface area contributed by atoms with Crippen LogP contribution in [0.25, 0.3) is 0 Å². The van der Waals surface area contributed by atoms with Gasteiger partial charge in [0.25, 0.3) is 0 Å². The van der Waals surface area contributed by atoms with Crippen LogP contribution in [0.2, 0.25) is 5.02 Å². The Hall–Kier alpha value is -2.00. The first-order valence-electron chi connectivity index (χ1n) is 6.27. The summed E-state index contributed by atoms with van der Waals surface area (Å²) in [5.74, 6) is -0.955. The maximum atomic E-state index is 11.4. The molecule has 4 heteroatoms. The van der Waals surface area contributed by atoms with Crippen molar-refractivity contribution in [2.24, 2.45) is 0 Å². The van der Waals surface area contributed by atoms with Gasteiger partial charge in [0.05, 0.1) is 22.0 Å².